The van der Waals surface area contributed by atoms with Crippen molar-refractivity contribution in [2.75, 3.05) is 5.32 Å². The third kappa shape index (κ3) is 2.97. The number of nitrogens with zero attached hydrogens (tertiary/aromatic N) is 1. The van der Waals surface area contributed by atoms with Gasteiger partial charge >= 0.3 is 0 Å². The smallest absolute Gasteiger partial charge is 0.126 e. The quantitative estimate of drug-likeness (QED) is 0.817. The van der Waals surface area contributed by atoms with E-state index in [9.17, 15) is 0 Å². The lowest BCUT2D eigenvalue weighted by Crippen LogP contribution is -2.00. The van der Waals surface area contributed by atoms with Gasteiger partial charge in [0, 0.05) is 18.6 Å². The van der Waals surface area contributed by atoms with Crippen LogP contribution in [0.15, 0.2) is 48.7 Å². The first-order valence-electron chi connectivity index (χ1n) is 5.17. The van der Waals surface area contributed by atoms with Crippen LogP contribution in [0.2, 0.25) is 0 Å². The summed E-state index contributed by atoms with van der Waals surface area (Å²) in [5.74, 6) is 1.38. The average molecular weight is 233 g/mol. The fourth-order valence-electron chi connectivity index (χ4n) is 1.40. The fraction of sp³-hybridized carbons (Fsp3) is 0.154. The molecule has 0 spiro atoms. The molecule has 16 heavy (non-hydrogen) atoms. The summed E-state index contributed by atoms with van der Waals surface area (Å²) in [6.45, 7) is 0.786. The highest BCUT2D eigenvalue weighted by Crippen LogP contribution is 2.08. The Balaban J connectivity index is 1.94. The molecule has 0 saturated heterocycles. The largest absolute Gasteiger partial charge is 0.366 e. The van der Waals surface area contributed by atoms with E-state index in [1.807, 2.05) is 30.3 Å². The molecule has 0 atom stereocenters. The number of rotatable bonds is 4. The van der Waals surface area contributed by atoms with E-state index >= 15 is 0 Å². The molecule has 1 N–H and O–H groups in total. The summed E-state index contributed by atoms with van der Waals surface area (Å²) < 4.78 is 0. The Hall–Kier alpha value is -1.54. The third-order valence-corrected chi connectivity index (χ3v) is 2.60. The van der Waals surface area contributed by atoms with Gasteiger partial charge in [-0.2, -0.15) is 0 Å². The molecule has 2 aromatic rings. The number of hydrogen-bond donors (Lipinski definition) is 1. The minimum atomic E-state index is 0.506. The molecular formula is C13H13ClN2. The van der Waals surface area contributed by atoms with Gasteiger partial charge in [-0.1, -0.05) is 36.4 Å². The van der Waals surface area contributed by atoms with Gasteiger partial charge in [-0.25, -0.2) is 4.98 Å². The Morgan fingerprint density at radius 2 is 1.81 bits per heavy atom. The number of anilines is 1. The van der Waals surface area contributed by atoms with Crippen LogP contribution in [0.3, 0.4) is 0 Å². The van der Waals surface area contributed by atoms with Gasteiger partial charge in [-0.05, 0) is 17.2 Å². The van der Waals surface area contributed by atoms with Gasteiger partial charge in [-0.3, -0.25) is 0 Å². The minimum absolute atomic E-state index is 0.506. The lowest BCUT2D eigenvalue weighted by atomic mass is 10.2. The monoisotopic (exact) mass is 232 g/mol. The molecule has 0 unspecified atom stereocenters. The molecule has 2 rings (SSSR count). The summed E-state index contributed by atoms with van der Waals surface area (Å²) in [5.41, 5.74) is 2.28. The van der Waals surface area contributed by atoms with Crippen LogP contribution < -0.4 is 5.32 Å². The lowest BCUT2D eigenvalue weighted by Gasteiger charge is -2.05. The standard InChI is InChI=1S/C13H13ClN2/c14-8-12-6-7-13(16-10-12)15-9-11-4-2-1-3-5-11/h1-7,10H,8-9H2,(H,15,16). The molecule has 0 radical (unpaired) electrons. The topological polar surface area (TPSA) is 24.9 Å². The van der Waals surface area contributed by atoms with E-state index in [-0.39, 0.29) is 0 Å². The zero-order valence-corrected chi connectivity index (χ0v) is 9.61. The van der Waals surface area contributed by atoms with E-state index in [0.29, 0.717) is 5.88 Å². The molecule has 0 bridgehead atoms. The van der Waals surface area contributed by atoms with Crippen molar-refractivity contribution in [2.45, 2.75) is 12.4 Å². The van der Waals surface area contributed by atoms with Crippen molar-refractivity contribution < 1.29 is 0 Å². The summed E-state index contributed by atoms with van der Waals surface area (Å²) in [7, 11) is 0. The second kappa shape index (κ2) is 5.52. The number of benzene rings is 1. The van der Waals surface area contributed by atoms with Crippen LogP contribution in [0.25, 0.3) is 0 Å². The maximum absolute atomic E-state index is 5.69. The van der Waals surface area contributed by atoms with Crippen molar-refractivity contribution in [3.63, 3.8) is 0 Å². The number of hydrogen-bond acceptors (Lipinski definition) is 2. The summed E-state index contributed by atoms with van der Waals surface area (Å²) >= 11 is 5.69. The highest BCUT2D eigenvalue weighted by atomic mass is 35.5. The number of alkyl halides is 1. The Morgan fingerprint density at radius 1 is 1.00 bits per heavy atom. The molecule has 0 aliphatic rings. The molecule has 0 aliphatic carbocycles. The van der Waals surface area contributed by atoms with E-state index in [2.05, 4.69) is 22.4 Å². The van der Waals surface area contributed by atoms with Crippen LogP contribution in [0, 0.1) is 0 Å². The first-order valence-corrected chi connectivity index (χ1v) is 5.70. The van der Waals surface area contributed by atoms with Crippen molar-refractivity contribution >= 4 is 17.4 Å². The normalized spacial score (nSPS) is 10.1. The molecule has 1 heterocycles. The van der Waals surface area contributed by atoms with Gasteiger partial charge in [0.15, 0.2) is 0 Å². The average Bonchev–Trinajstić information content (AvgIpc) is 2.38. The number of pyridine rings is 1. The molecule has 2 nitrogen and oxygen atoms in total. The van der Waals surface area contributed by atoms with E-state index < -0.39 is 0 Å². The number of aromatic nitrogens is 1. The molecule has 82 valence electrons. The highest BCUT2D eigenvalue weighted by Gasteiger charge is 1.95. The van der Waals surface area contributed by atoms with Gasteiger partial charge < -0.3 is 5.32 Å². The van der Waals surface area contributed by atoms with Crippen molar-refractivity contribution in [3.8, 4) is 0 Å². The Labute approximate surface area is 100 Å². The molecule has 0 fully saturated rings. The SMILES string of the molecule is ClCc1ccc(NCc2ccccc2)nc1. The van der Waals surface area contributed by atoms with Gasteiger partial charge in [0.1, 0.15) is 5.82 Å². The lowest BCUT2D eigenvalue weighted by molar-refractivity contribution is 1.10. The number of halogens is 1. The van der Waals surface area contributed by atoms with Crippen molar-refractivity contribution in [1.82, 2.24) is 4.98 Å². The van der Waals surface area contributed by atoms with E-state index in [0.717, 1.165) is 17.9 Å². The fourth-order valence-corrected chi connectivity index (χ4v) is 1.55. The van der Waals surface area contributed by atoms with Crippen molar-refractivity contribution in [3.05, 3.63) is 59.8 Å². The van der Waals surface area contributed by atoms with Crippen LogP contribution in [0.1, 0.15) is 11.1 Å². The van der Waals surface area contributed by atoms with Gasteiger partial charge in [0.2, 0.25) is 0 Å². The number of nitrogens with one attached hydrogen (secondary N) is 1. The maximum atomic E-state index is 5.69. The third-order valence-electron chi connectivity index (χ3n) is 2.30. The highest BCUT2D eigenvalue weighted by molar-refractivity contribution is 6.17. The summed E-state index contributed by atoms with van der Waals surface area (Å²) in [6, 6.07) is 14.2. The minimum Gasteiger partial charge on any atom is -0.366 e. The van der Waals surface area contributed by atoms with Crippen LogP contribution >= 0.6 is 11.6 Å². The zero-order valence-electron chi connectivity index (χ0n) is 8.86. The van der Waals surface area contributed by atoms with Crippen molar-refractivity contribution in [2.24, 2.45) is 0 Å². The molecule has 0 saturated carbocycles. The van der Waals surface area contributed by atoms with Crippen LogP contribution in [0.5, 0.6) is 0 Å². The second-order valence-electron chi connectivity index (χ2n) is 3.52. The summed E-state index contributed by atoms with van der Waals surface area (Å²) in [6.07, 6.45) is 1.79. The zero-order chi connectivity index (χ0) is 11.2. The molecule has 3 heteroatoms. The molecular weight excluding hydrogens is 220 g/mol. The summed E-state index contributed by atoms with van der Waals surface area (Å²) in [5, 5.41) is 3.26. The van der Waals surface area contributed by atoms with Crippen LogP contribution in [-0.4, -0.2) is 4.98 Å². The molecule has 0 aliphatic heterocycles. The van der Waals surface area contributed by atoms with Gasteiger partial charge in [0.25, 0.3) is 0 Å². The van der Waals surface area contributed by atoms with Crippen LogP contribution in [0.4, 0.5) is 5.82 Å². The van der Waals surface area contributed by atoms with E-state index in [1.54, 1.807) is 6.20 Å². The Bertz CT molecular complexity index is 425. The van der Waals surface area contributed by atoms with Crippen LogP contribution in [-0.2, 0) is 12.4 Å². The van der Waals surface area contributed by atoms with Gasteiger partial charge in [0.05, 0.1) is 0 Å². The van der Waals surface area contributed by atoms with Crippen molar-refractivity contribution in [1.29, 1.82) is 0 Å². The molecule has 1 aromatic carbocycles. The Kier molecular flexibility index (Phi) is 3.78. The second-order valence-corrected chi connectivity index (χ2v) is 3.79. The predicted molar refractivity (Wildman–Crippen MR) is 67.6 cm³/mol. The Morgan fingerprint density at radius 3 is 2.44 bits per heavy atom. The van der Waals surface area contributed by atoms with E-state index in [1.165, 1.54) is 5.56 Å². The first-order chi connectivity index (χ1) is 7.88. The maximum Gasteiger partial charge on any atom is 0.126 e. The summed E-state index contributed by atoms with van der Waals surface area (Å²) in [4.78, 5) is 4.27. The van der Waals surface area contributed by atoms with Gasteiger partial charge in [-0.15, -0.1) is 11.6 Å². The predicted octanol–water partition coefficient (Wildman–Crippen LogP) is 3.43. The molecule has 1 aromatic heterocycles. The molecule has 0 amide bonds. The van der Waals surface area contributed by atoms with E-state index in [4.69, 9.17) is 11.6 Å². The first kappa shape index (κ1) is 11.0.